The van der Waals surface area contributed by atoms with Crippen LogP contribution in [0.2, 0.25) is 0 Å². The second-order valence-electron chi connectivity index (χ2n) is 6.17. The zero-order valence-electron chi connectivity index (χ0n) is 15.6. The molecule has 0 bridgehead atoms. The Morgan fingerprint density at radius 3 is 2.72 bits per heavy atom. The van der Waals surface area contributed by atoms with E-state index in [4.69, 9.17) is 19.1 Å². The van der Waals surface area contributed by atoms with Crippen molar-refractivity contribution in [1.82, 2.24) is 20.0 Å². The number of carboxylic acids is 1. The van der Waals surface area contributed by atoms with Crippen molar-refractivity contribution in [2.24, 2.45) is 0 Å². The molecule has 160 valence electrons. The van der Waals surface area contributed by atoms with Gasteiger partial charge in [0.1, 0.15) is 6.04 Å². The minimum absolute atomic E-state index is 0.0288. The SMILES string of the molecule is COCCNC(=O)C1CN(Cc2ccoc2)Cc2ccnn21.O=C(O)C(F)(F)F. The van der Waals surface area contributed by atoms with Gasteiger partial charge >= 0.3 is 12.1 Å². The summed E-state index contributed by atoms with van der Waals surface area (Å²) >= 11 is 0. The molecule has 0 radical (unpaired) electrons. The molecule has 1 unspecified atom stereocenters. The summed E-state index contributed by atoms with van der Waals surface area (Å²) in [5, 5.41) is 14.3. The Morgan fingerprint density at radius 1 is 1.41 bits per heavy atom. The fourth-order valence-corrected chi connectivity index (χ4v) is 2.71. The average Bonchev–Trinajstić information content (AvgIpc) is 3.32. The van der Waals surface area contributed by atoms with Crippen LogP contribution in [0.5, 0.6) is 0 Å². The van der Waals surface area contributed by atoms with E-state index in [9.17, 15) is 18.0 Å². The molecule has 1 amide bonds. The summed E-state index contributed by atoms with van der Waals surface area (Å²) in [5.74, 6) is -2.79. The molecular weight excluding hydrogens is 397 g/mol. The Labute approximate surface area is 164 Å². The van der Waals surface area contributed by atoms with Gasteiger partial charge in [-0.15, -0.1) is 0 Å². The third kappa shape index (κ3) is 6.61. The number of ether oxygens (including phenoxy) is 1. The largest absolute Gasteiger partial charge is 0.490 e. The number of carbonyl (C=O) groups excluding carboxylic acids is 1. The number of fused-ring (bicyclic) bond motifs is 1. The molecule has 2 aromatic heterocycles. The molecule has 29 heavy (non-hydrogen) atoms. The molecule has 1 aliphatic heterocycles. The van der Waals surface area contributed by atoms with E-state index in [1.54, 1.807) is 25.8 Å². The monoisotopic (exact) mass is 418 g/mol. The van der Waals surface area contributed by atoms with Crippen LogP contribution in [-0.2, 0) is 27.4 Å². The van der Waals surface area contributed by atoms with E-state index in [2.05, 4.69) is 15.3 Å². The minimum atomic E-state index is -5.08. The summed E-state index contributed by atoms with van der Waals surface area (Å²) in [6.07, 6.45) is 0.0597. The second kappa shape index (κ2) is 10.1. The molecule has 0 saturated carbocycles. The van der Waals surface area contributed by atoms with Gasteiger partial charge in [-0.1, -0.05) is 0 Å². The van der Waals surface area contributed by atoms with Gasteiger partial charge in [0.05, 0.1) is 24.8 Å². The van der Waals surface area contributed by atoms with Crippen LogP contribution in [0.15, 0.2) is 35.3 Å². The van der Waals surface area contributed by atoms with Crippen LogP contribution in [0.1, 0.15) is 17.3 Å². The van der Waals surface area contributed by atoms with Crippen molar-refractivity contribution >= 4 is 11.9 Å². The second-order valence-corrected chi connectivity index (χ2v) is 6.17. The molecule has 3 heterocycles. The summed E-state index contributed by atoms with van der Waals surface area (Å²) in [5.41, 5.74) is 2.15. The van der Waals surface area contributed by atoms with Gasteiger partial charge in [0, 0.05) is 45.0 Å². The molecule has 3 rings (SSSR count). The quantitative estimate of drug-likeness (QED) is 0.683. The van der Waals surface area contributed by atoms with Crippen LogP contribution in [0, 0.1) is 0 Å². The molecule has 0 spiro atoms. The smallest absolute Gasteiger partial charge is 0.475 e. The molecule has 12 heteroatoms. The lowest BCUT2D eigenvalue weighted by molar-refractivity contribution is -0.192. The minimum Gasteiger partial charge on any atom is -0.475 e. The van der Waals surface area contributed by atoms with Gasteiger partial charge in [-0.05, 0) is 12.1 Å². The highest BCUT2D eigenvalue weighted by Crippen LogP contribution is 2.22. The molecule has 0 aliphatic carbocycles. The number of aromatic nitrogens is 2. The maximum Gasteiger partial charge on any atom is 0.490 e. The Balaban J connectivity index is 0.000000370. The molecule has 0 fully saturated rings. The first-order chi connectivity index (χ1) is 13.7. The predicted octanol–water partition coefficient (Wildman–Crippen LogP) is 1.43. The van der Waals surface area contributed by atoms with Crippen molar-refractivity contribution in [3.05, 3.63) is 42.1 Å². The number of nitrogens with zero attached hydrogens (tertiary/aromatic N) is 3. The average molecular weight is 418 g/mol. The van der Waals surface area contributed by atoms with Gasteiger partial charge in [-0.3, -0.25) is 14.4 Å². The Bertz CT molecular complexity index is 791. The molecule has 1 aliphatic rings. The van der Waals surface area contributed by atoms with E-state index in [1.165, 1.54) is 0 Å². The number of amides is 1. The highest BCUT2D eigenvalue weighted by atomic mass is 19.4. The van der Waals surface area contributed by atoms with E-state index in [0.29, 0.717) is 19.7 Å². The third-order valence-electron chi connectivity index (χ3n) is 4.00. The number of hydrogen-bond donors (Lipinski definition) is 2. The Hall–Kier alpha value is -2.86. The van der Waals surface area contributed by atoms with Crippen molar-refractivity contribution < 1.29 is 37.0 Å². The summed E-state index contributed by atoms with van der Waals surface area (Å²) in [6, 6.07) is 3.58. The van der Waals surface area contributed by atoms with E-state index < -0.39 is 12.1 Å². The Kier molecular flexibility index (Phi) is 7.79. The number of furan rings is 1. The zero-order chi connectivity index (χ0) is 21.4. The van der Waals surface area contributed by atoms with Gasteiger partial charge in [-0.2, -0.15) is 18.3 Å². The molecule has 2 aromatic rings. The van der Waals surface area contributed by atoms with Crippen molar-refractivity contribution in [2.45, 2.75) is 25.3 Å². The standard InChI is InChI=1S/C15H20N4O3.C2HF3O2/c1-21-7-5-16-15(20)14-10-18(8-12-3-6-22-11-12)9-13-2-4-17-19(13)14;3-2(4,5)1(6)7/h2-4,6,11,14H,5,7-10H2,1H3,(H,16,20);(H,6,7). The molecule has 2 N–H and O–H groups in total. The van der Waals surface area contributed by atoms with Crippen LogP contribution < -0.4 is 5.32 Å². The number of carbonyl (C=O) groups is 2. The molecular formula is C17H21F3N4O5. The number of carboxylic acid groups (broad SMARTS) is 1. The number of methoxy groups -OCH3 is 1. The van der Waals surface area contributed by atoms with Gasteiger partial charge < -0.3 is 19.6 Å². The van der Waals surface area contributed by atoms with Crippen LogP contribution in [0.3, 0.4) is 0 Å². The van der Waals surface area contributed by atoms with Crippen molar-refractivity contribution in [3.63, 3.8) is 0 Å². The number of aliphatic carboxylic acids is 1. The fourth-order valence-electron chi connectivity index (χ4n) is 2.71. The summed E-state index contributed by atoms with van der Waals surface area (Å²) in [6.45, 7) is 3.16. The number of nitrogens with one attached hydrogen (secondary N) is 1. The number of rotatable bonds is 6. The summed E-state index contributed by atoms with van der Waals surface area (Å²) in [4.78, 5) is 23.5. The lowest BCUT2D eigenvalue weighted by Gasteiger charge is -2.32. The fraction of sp³-hybridized carbons (Fsp3) is 0.471. The first-order valence-electron chi connectivity index (χ1n) is 8.55. The Morgan fingerprint density at radius 2 is 2.14 bits per heavy atom. The third-order valence-corrected chi connectivity index (χ3v) is 4.00. The van der Waals surface area contributed by atoms with Gasteiger partial charge in [0.2, 0.25) is 5.91 Å². The molecule has 9 nitrogen and oxygen atoms in total. The van der Waals surface area contributed by atoms with E-state index >= 15 is 0 Å². The van der Waals surface area contributed by atoms with E-state index in [-0.39, 0.29) is 11.9 Å². The van der Waals surface area contributed by atoms with Crippen molar-refractivity contribution in [1.29, 1.82) is 0 Å². The molecule has 1 atom stereocenters. The summed E-state index contributed by atoms with van der Waals surface area (Å²) in [7, 11) is 1.62. The normalized spacial score (nSPS) is 16.5. The highest BCUT2D eigenvalue weighted by Gasteiger charge is 2.38. The highest BCUT2D eigenvalue weighted by molar-refractivity contribution is 5.80. The first kappa shape index (κ1) is 22.4. The van der Waals surface area contributed by atoms with Crippen LogP contribution in [0.4, 0.5) is 13.2 Å². The number of alkyl halides is 3. The number of hydrogen-bond acceptors (Lipinski definition) is 6. The van der Waals surface area contributed by atoms with Crippen LogP contribution in [-0.4, -0.2) is 64.6 Å². The first-order valence-corrected chi connectivity index (χ1v) is 8.55. The maximum atomic E-state index is 12.4. The predicted molar refractivity (Wildman–Crippen MR) is 92.7 cm³/mol. The summed E-state index contributed by atoms with van der Waals surface area (Å²) < 4.78 is 43.6. The molecule has 0 aromatic carbocycles. The number of halogens is 3. The lowest BCUT2D eigenvalue weighted by Crippen LogP contribution is -2.45. The van der Waals surface area contributed by atoms with Gasteiger partial charge in [-0.25, -0.2) is 4.79 Å². The van der Waals surface area contributed by atoms with Crippen LogP contribution >= 0.6 is 0 Å². The molecule has 0 saturated heterocycles. The maximum absolute atomic E-state index is 12.4. The van der Waals surface area contributed by atoms with Gasteiger partial charge in [0.15, 0.2) is 0 Å². The van der Waals surface area contributed by atoms with Crippen molar-refractivity contribution in [3.8, 4) is 0 Å². The van der Waals surface area contributed by atoms with Crippen LogP contribution in [0.25, 0.3) is 0 Å². The lowest BCUT2D eigenvalue weighted by atomic mass is 10.1. The van der Waals surface area contributed by atoms with E-state index in [1.807, 2.05) is 16.8 Å². The topological polar surface area (TPSA) is 110 Å². The zero-order valence-corrected chi connectivity index (χ0v) is 15.6. The van der Waals surface area contributed by atoms with E-state index in [0.717, 1.165) is 24.3 Å². The van der Waals surface area contributed by atoms with Gasteiger partial charge in [0.25, 0.3) is 0 Å². The van der Waals surface area contributed by atoms with Crippen molar-refractivity contribution in [2.75, 3.05) is 26.8 Å².